The van der Waals surface area contributed by atoms with E-state index in [1.54, 1.807) is 25.1 Å². The fraction of sp³-hybridized carbons (Fsp3) is 0.389. The number of carbonyl (C=O) groups is 1. The number of hydrogen-bond donors (Lipinski definition) is 1. The summed E-state index contributed by atoms with van der Waals surface area (Å²) in [5, 5.41) is 9.82. The lowest BCUT2D eigenvalue weighted by Crippen LogP contribution is -2.06. The number of rotatable bonds is 6. The molecule has 0 amide bonds. The summed E-state index contributed by atoms with van der Waals surface area (Å²) in [6.07, 6.45) is 6.05. The van der Waals surface area contributed by atoms with Crippen LogP contribution in [0.5, 0.6) is 5.75 Å². The van der Waals surface area contributed by atoms with Gasteiger partial charge >= 0.3 is 5.97 Å². The van der Waals surface area contributed by atoms with E-state index in [4.69, 9.17) is 4.74 Å². The molecule has 114 valence electrons. The Balaban J connectivity index is 2.50. The van der Waals surface area contributed by atoms with Crippen LogP contribution in [-0.2, 0) is 4.74 Å². The highest BCUT2D eigenvalue weighted by molar-refractivity contribution is 5.92. The molecule has 0 fully saturated rings. The summed E-state index contributed by atoms with van der Waals surface area (Å²) in [5.74, 6) is -0.503. The smallest absolute Gasteiger partial charge is 0.342 e. The number of aryl methyl sites for hydroxylation is 1. The Morgan fingerprint density at radius 1 is 1.24 bits per heavy atom. The molecule has 0 aliphatic heterocycles. The second kappa shape index (κ2) is 8.30. The van der Waals surface area contributed by atoms with Gasteiger partial charge in [0, 0.05) is 0 Å². The van der Waals surface area contributed by atoms with Crippen LogP contribution in [0.15, 0.2) is 41.5 Å². The number of phenolic OH excluding ortho intramolecular Hbond substituents is 1. The van der Waals surface area contributed by atoms with Gasteiger partial charge in [0.2, 0.25) is 0 Å². The summed E-state index contributed by atoms with van der Waals surface area (Å²) in [5.41, 5.74) is 3.38. The van der Waals surface area contributed by atoms with Crippen molar-refractivity contribution >= 4 is 5.97 Å². The van der Waals surface area contributed by atoms with Gasteiger partial charge in [-0.1, -0.05) is 29.4 Å². The minimum atomic E-state index is -0.496. The van der Waals surface area contributed by atoms with Gasteiger partial charge in [-0.2, -0.15) is 0 Å². The molecule has 3 heteroatoms. The molecule has 0 saturated heterocycles. The number of hydrogen-bond acceptors (Lipinski definition) is 3. The van der Waals surface area contributed by atoms with Gasteiger partial charge in [0.25, 0.3) is 0 Å². The zero-order chi connectivity index (χ0) is 15.8. The topological polar surface area (TPSA) is 46.5 Å². The molecule has 0 atom stereocenters. The van der Waals surface area contributed by atoms with Crippen LogP contribution in [0, 0.1) is 6.92 Å². The van der Waals surface area contributed by atoms with Crippen LogP contribution in [0.4, 0.5) is 0 Å². The van der Waals surface area contributed by atoms with Crippen molar-refractivity contribution in [1.82, 2.24) is 0 Å². The molecular formula is C18H24O3. The molecule has 1 N–H and O–H groups in total. The number of esters is 1. The molecule has 0 heterocycles. The summed E-state index contributed by atoms with van der Waals surface area (Å²) >= 11 is 0. The Kier molecular flexibility index (Phi) is 6.73. The summed E-state index contributed by atoms with van der Waals surface area (Å²) in [6.45, 7) is 8.16. The molecule has 3 nitrogen and oxygen atoms in total. The maximum Gasteiger partial charge on any atom is 0.342 e. The number of benzene rings is 1. The van der Waals surface area contributed by atoms with Gasteiger partial charge in [-0.05, 0) is 58.2 Å². The minimum absolute atomic E-state index is 0.00763. The Bertz CT molecular complexity index is 550. The van der Waals surface area contributed by atoms with Crippen molar-refractivity contribution in [2.75, 3.05) is 6.61 Å². The van der Waals surface area contributed by atoms with Crippen LogP contribution >= 0.6 is 0 Å². The minimum Gasteiger partial charge on any atom is -0.507 e. The molecule has 0 radical (unpaired) electrons. The monoisotopic (exact) mass is 288 g/mol. The molecule has 0 aliphatic carbocycles. The van der Waals surface area contributed by atoms with Crippen molar-refractivity contribution in [3.63, 3.8) is 0 Å². The van der Waals surface area contributed by atoms with Crippen molar-refractivity contribution in [1.29, 1.82) is 0 Å². The van der Waals surface area contributed by atoms with E-state index in [1.165, 1.54) is 11.1 Å². The predicted octanol–water partition coefficient (Wildman–Crippen LogP) is 4.55. The number of carbonyl (C=O) groups excluding carboxylic acids is 1. The van der Waals surface area contributed by atoms with Gasteiger partial charge in [-0.3, -0.25) is 0 Å². The summed E-state index contributed by atoms with van der Waals surface area (Å²) in [7, 11) is 0. The van der Waals surface area contributed by atoms with Crippen molar-refractivity contribution in [2.45, 2.75) is 40.5 Å². The van der Waals surface area contributed by atoms with Crippen LogP contribution in [0.25, 0.3) is 0 Å². The zero-order valence-electron chi connectivity index (χ0n) is 13.3. The fourth-order valence-electron chi connectivity index (χ4n) is 1.85. The van der Waals surface area contributed by atoms with Gasteiger partial charge in [0.1, 0.15) is 17.9 Å². The van der Waals surface area contributed by atoms with E-state index in [0.29, 0.717) is 5.56 Å². The van der Waals surface area contributed by atoms with Crippen LogP contribution < -0.4 is 0 Å². The molecule has 1 aromatic carbocycles. The average Bonchev–Trinajstić information content (AvgIpc) is 2.41. The predicted molar refractivity (Wildman–Crippen MR) is 85.5 cm³/mol. The van der Waals surface area contributed by atoms with Gasteiger partial charge in [0.05, 0.1) is 0 Å². The van der Waals surface area contributed by atoms with Gasteiger partial charge in [-0.25, -0.2) is 4.79 Å². The normalized spacial score (nSPS) is 11.1. The molecule has 1 rings (SSSR count). The van der Waals surface area contributed by atoms with E-state index >= 15 is 0 Å². The number of ether oxygens (including phenoxy) is 1. The lowest BCUT2D eigenvalue weighted by atomic mass is 10.1. The van der Waals surface area contributed by atoms with Crippen molar-refractivity contribution in [3.8, 4) is 5.75 Å². The van der Waals surface area contributed by atoms with Crippen LogP contribution in [0.1, 0.15) is 49.5 Å². The molecule has 0 bridgehead atoms. The van der Waals surface area contributed by atoms with E-state index in [9.17, 15) is 9.90 Å². The number of para-hydroxylation sites is 1. The second-order valence-corrected chi connectivity index (χ2v) is 5.44. The first-order chi connectivity index (χ1) is 9.91. The van der Waals surface area contributed by atoms with Crippen LogP contribution in [0.3, 0.4) is 0 Å². The Morgan fingerprint density at radius 3 is 2.62 bits per heavy atom. The fourth-order valence-corrected chi connectivity index (χ4v) is 1.85. The second-order valence-electron chi connectivity index (χ2n) is 5.44. The SMILES string of the molecule is CC(C)=CCCC(C)=CCOC(=O)c1cccc(C)c1O. The number of allylic oxidation sites excluding steroid dienone is 3. The molecule has 0 saturated carbocycles. The van der Waals surface area contributed by atoms with Gasteiger partial charge in [-0.15, -0.1) is 0 Å². The standard InChI is InChI=1S/C18H24O3/c1-13(2)7-5-8-14(3)11-12-21-18(20)16-10-6-9-15(4)17(16)19/h6-7,9-11,19H,5,8,12H2,1-4H3. The van der Waals surface area contributed by atoms with E-state index in [2.05, 4.69) is 19.9 Å². The first kappa shape index (κ1) is 17.0. The first-order valence-corrected chi connectivity index (χ1v) is 7.16. The third kappa shape index (κ3) is 5.86. The Hall–Kier alpha value is -2.03. The third-order valence-electron chi connectivity index (χ3n) is 3.20. The summed E-state index contributed by atoms with van der Waals surface area (Å²) < 4.78 is 5.17. The van der Waals surface area contributed by atoms with E-state index in [1.807, 2.05) is 13.0 Å². The average molecular weight is 288 g/mol. The highest BCUT2D eigenvalue weighted by atomic mass is 16.5. The molecule has 0 aromatic heterocycles. The Morgan fingerprint density at radius 2 is 1.95 bits per heavy atom. The summed E-state index contributed by atoms with van der Waals surface area (Å²) in [6, 6.07) is 5.04. The van der Waals surface area contributed by atoms with Crippen LogP contribution in [-0.4, -0.2) is 17.7 Å². The third-order valence-corrected chi connectivity index (χ3v) is 3.20. The van der Waals surface area contributed by atoms with Gasteiger partial charge in [0.15, 0.2) is 0 Å². The van der Waals surface area contributed by atoms with E-state index in [-0.39, 0.29) is 17.9 Å². The lowest BCUT2D eigenvalue weighted by molar-refractivity contribution is 0.0545. The molecular weight excluding hydrogens is 264 g/mol. The molecule has 0 aliphatic rings. The Labute approximate surface area is 127 Å². The maximum absolute atomic E-state index is 11.9. The molecule has 0 spiro atoms. The highest BCUT2D eigenvalue weighted by Crippen LogP contribution is 2.22. The maximum atomic E-state index is 11.9. The molecule has 21 heavy (non-hydrogen) atoms. The number of phenols is 1. The first-order valence-electron chi connectivity index (χ1n) is 7.16. The largest absolute Gasteiger partial charge is 0.507 e. The van der Waals surface area contributed by atoms with Crippen LogP contribution in [0.2, 0.25) is 0 Å². The number of aromatic hydroxyl groups is 1. The van der Waals surface area contributed by atoms with Gasteiger partial charge < -0.3 is 9.84 Å². The van der Waals surface area contributed by atoms with Crippen molar-refractivity contribution in [3.05, 3.63) is 52.6 Å². The van der Waals surface area contributed by atoms with E-state index in [0.717, 1.165) is 12.8 Å². The van der Waals surface area contributed by atoms with Crippen molar-refractivity contribution < 1.29 is 14.6 Å². The quantitative estimate of drug-likeness (QED) is 0.617. The summed E-state index contributed by atoms with van der Waals surface area (Å²) in [4.78, 5) is 11.9. The van der Waals surface area contributed by atoms with E-state index < -0.39 is 5.97 Å². The zero-order valence-corrected chi connectivity index (χ0v) is 13.3. The molecule has 0 unspecified atom stereocenters. The highest BCUT2D eigenvalue weighted by Gasteiger charge is 2.13. The van der Waals surface area contributed by atoms with Crippen molar-refractivity contribution in [2.24, 2.45) is 0 Å². The lowest BCUT2D eigenvalue weighted by Gasteiger charge is -2.06. The molecule has 1 aromatic rings.